The lowest BCUT2D eigenvalue weighted by Gasteiger charge is -2.26. The number of nitriles is 1. The smallest absolute Gasteiger partial charge is 0.412 e. The van der Waals surface area contributed by atoms with Crippen LogP contribution in [-0.2, 0) is 0 Å². The standard InChI is InChI=1S/C20H19N5O5/c21-9-13-3-6-22-11-15(13)12-1-2-16(25(29)30)17(7-12)24(19(26)27)14-8-18(23-10-14)20(28)4-5-20/h1-3,6-7,11,14,18,23,28H,4-5,8,10H2,(H,26,27)/t14-,18-/m0/s1. The molecule has 2 aliphatic rings. The summed E-state index contributed by atoms with van der Waals surface area (Å²) < 4.78 is 0. The zero-order chi connectivity index (χ0) is 21.5. The number of nitro groups is 1. The lowest BCUT2D eigenvalue weighted by molar-refractivity contribution is -0.384. The van der Waals surface area contributed by atoms with Crippen LogP contribution in [0.25, 0.3) is 11.1 Å². The molecule has 1 amide bonds. The van der Waals surface area contributed by atoms with Crippen molar-refractivity contribution in [2.45, 2.75) is 36.9 Å². The first-order valence-electron chi connectivity index (χ1n) is 9.45. The van der Waals surface area contributed by atoms with Crippen molar-refractivity contribution in [3.05, 3.63) is 52.3 Å². The zero-order valence-corrected chi connectivity index (χ0v) is 15.9. The Morgan fingerprint density at radius 3 is 2.80 bits per heavy atom. The minimum absolute atomic E-state index is 0.0759. The monoisotopic (exact) mass is 409 g/mol. The van der Waals surface area contributed by atoms with Crippen molar-refractivity contribution in [1.29, 1.82) is 5.26 Å². The predicted octanol–water partition coefficient (Wildman–Crippen LogP) is 2.27. The highest BCUT2D eigenvalue weighted by Crippen LogP contribution is 2.43. The molecular weight excluding hydrogens is 390 g/mol. The van der Waals surface area contributed by atoms with E-state index >= 15 is 0 Å². The number of amides is 1. The van der Waals surface area contributed by atoms with Crippen LogP contribution in [0.3, 0.4) is 0 Å². The number of benzene rings is 1. The molecule has 2 heterocycles. The third-order valence-electron chi connectivity index (χ3n) is 5.77. The Morgan fingerprint density at radius 1 is 1.40 bits per heavy atom. The summed E-state index contributed by atoms with van der Waals surface area (Å²) in [5.74, 6) is 0. The van der Waals surface area contributed by atoms with Crippen molar-refractivity contribution in [3.8, 4) is 17.2 Å². The van der Waals surface area contributed by atoms with E-state index < -0.39 is 22.7 Å². The molecule has 0 spiro atoms. The molecule has 2 atom stereocenters. The van der Waals surface area contributed by atoms with Crippen LogP contribution in [0.5, 0.6) is 0 Å². The van der Waals surface area contributed by atoms with Crippen LogP contribution in [0.15, 0.2) is 36.7 Å². The van der Waals surface area contributed by atoms with E-state index in [0.717, 1.165) is 4.90 Å². The summed E-state index contributed by atoms with van der Waals surface area (Å²) in [6.07, 6.45) is 3.25. The van der Waals surface area contributed by atoms with E-state index in [1.54, 1.807) is 0 Å². The Labute approximate surface area is 171 Å². The second-order valence-corrected chi connectivity index (χ2v) is 7.60. The van der Waals surface area contributed by atoms with Gasteiger partial charge in [-0.3, -0.25) is 20.0 Å². The van der Waals surface area contributed by atoms with E-state index in [0.29, 0.717) is 36.0 Å². The maximum atomic E-state index is 12.2. The number of nitrogens with zero attached hydrogens (tertiary/aromatic N) is 4. The molecule has 1 saturated heterocycles. The lowest BCUT2D eigenvalue weighted by Crippen LogP contribution is -2.41. The SMILES string of the molecule is N#Cc1ccncc1-c1ccc([N+](=O)[O-])c(N(C(=O)O)[C@@H]2CN[C@H](C3(O)CC3)C2)c1. The highest BCUT2D eigenvalue weighted by atomic mass is 16.6. The number of nitro benzene ring substituents is 1. The number of rotatable bonds is 5. The van der Waals surface area contributed by atoms with Gasteiger partial charge in [0.15, 0.2) is 0 Å². The van der Waals surface area contributed by atoms with Gasteiger partial charge < -0.3 is 15.5 Å². The van der Waals surface area contributed by atoms with Crippen LogP contribution in [0, 0.1) is 21.4 Å². The van der Waals surface area contributed by atoms with Crippen LogP contribution < -0.4 is 10.2 Å². The normalized spacial score (nSPS) is 21.6. The Bertz CT molecular complexity index is 1060. The van der Waals surface area contributed by atoms with E-state index in [2.05, 4.69) is 10.3 Å². The van der Waals surface area contributed by atoms with Gasteiger partial charge in [0, 0.05) is 36.6 Å². The molecule has 3 N–H and O–H groups in total. The number of carbonyl (C=O) groups is 1. The molecule has 1 aliphatic carbocycles. The third-order valence-corrected chi connectivity index (χ3v) is 5.77. The van der Waals surface area contributed by atoms with Gasteiger partial charge in [0.1, 0.15) is 5.69 Å². The van der Waals surface area contributed by atoms with Crippen LogP contribution in [-0.4, -0.2) is 50.4 Å². The molecule has 30 heavy (non-hydrogen) atoms. The van der Waals surface area contributed by atoms with E-state index in [9.17, 15) is 30.4 Å². The largest absolute Gasteiger partial charge is 0.465 e. The van der Waals surface area contributed by atoms with Gasteiger partial charge in [-0.15, -0.1) is 0 Å². The summed E-state index contributed by atoms with van der Waals surface area (Å²) >= 11 is 0. The number of aliphatic hydroxyl groups is 1. The van der Waals surface area contributed by atoms with Gasteiger partial charge in [-0.05, 0) is 43.0 Å². The summed E-state index contributed by atoms with van der Waals surface area (Å²) in [4.78, 5) is 28.2. The molecule has 0 bridgehead atoms. The fourth-order valence-corrected chi connectivity index (χ4v) is 4.02. The molecule has 1 aromatic carbocycles. The average molecular weight is 409 g/mol. The van der Waals surface area contributed by atoms with Gasteiger partial charge in [0.2, 0.25) is 0 Å². The van der Waals surface area contributed by atoms with Gasteiger partial charge in [-0.25, -0.2) is 4.79 Å². The fraction of sp³-hybridized carbons (Fsp3) is 0.350. The molecule has 10 heteroatoms. The van der Waals surface area contributed by atoms with E-state index in [4.69, 9.17) is 0 Å². The van der Waals surface area contributed by atoms with Crippen molar-refractivity contribution >= 4 is 17.5 Å². The first kappa shape index (κ1) is 19.8. The zero-order valence-electron chi connectivity index (χ0n) is 15.9. The predicted molar refractivity (Wildman–Crippen MR) is 106 cm³/mol. The maximum absolute atomic E-state index is 12.2. The Morgan fingerprint density at radius 2 is 2.17 bits per heavy atom. The third kappa shape index (κ3) is 3.45. The average Bonchev–Trinajstić information content (AvgIpc) is 3.29. The van der Waals surface area contributed by atoms with Crippen molar-refractivity contribution in [2.75, 3.05) is 11.4 Å². The van der Waals surface area contributed by atoms with Gasteiger partial charge in [0.25, 0.3) is 5.69 Å². The highest BCUT2D eigenvalue weighted by molar-refractivity contribution is 5.92. The molecule has 1 aliphatic heterocycles. The summed E-state index contributed by atoms with van der Waals surface area (Å²) in [6, 6.07) is 6.86. The summed E-state index contributed by atoms with van der Waals surface area (Å²) in [7, 11) is 0. The fourth-order valence-electron chi connectivity index (χ4n) is 4.02. The number of anilines is 1. The molecule has 2 aromatic rings. The molecule has 154 valence electrons. The number of carboxylic acid groups (broad SMARTS) is 1. The number of hydrogen-bond acceptors (Lipinski definition) is 7. The van der Waals surface area contributed by atoms with Gasteiger partial charge >= 0.3 is 6.09 Å². The molecule has 1 saturated carbocycles. The highest BCUT2D eigenvalue weighted by Gasteiger charge is 2.51. The van der Waals surface area contributed by atoms with E-state index in [1.165, 1.54) is 36.7 Å². The second-order valence-electron chi connectivity index (χ2n) is 7.60. The maximum Gasteiger partial charge on any atom is 0.412 e. The summed E-state index contributed by atoms with van der Waals surface area (Å²) in [5, 5.41) is 44.4. The second kappa shape index (κ2) is 7.37. The number of hydrogen-bond donors (Lipinski definition) is 3. The van der Waals surface area contributed by atoms with Gasteiger partial charge in [-0.1, -0.05) is 0 Å². The first-order chi connectivity index (χ1) is 14.3. The number of aromatic nitrogens is 1. The van der Waals surface area contributed by atoms with Crippen LogP contribution >= 0.6 is 0 Å². The van der Waals surface area contributed by atoms with Crippen molar-refractivity contribution in [1.82, 2.24) is 10.3 Å². The summed E-state index contributed by atoms with van der Waals surface area (Å²) in [6.45, 7) is 0.275. The Hall–Kier alpha value is -3.55. The van der Waals surface area contributed by atoms with E-state index in [1.807, 2.05) is 6.07 Å². The van der Waals surface area contributed by atoms with Crippen molar-refractivity contribution in [2.24, 2.45) is 0 Å². The van der Waals surface area contributed by atoms with Gasteiger partial charge in [-0.2, -0.15) is 5.26 Å². The molecule has 1 aromatic heterocycles. The van der Waals surface area contributed by atoms with Crippen LogP contribution in [0.4, 0.5) is 16.2 Å². The Balaban J connectivity index is 1.77. The molecule has 0 unspecified atom stereocenters. The van der Waals surface area contributed by atoms with Crippen molar-refractivity contribution < 1.29 is 19.9 Å². The van der Waals surface area contributed by atoms with Crippen molar-refractivity contribution in [3.63, 3.8) is 0 Å². The molecule has 2 fully saturated rings. The van der Waals surface area contributed by atoms with E-state index in [-0.39, 0.29) is 24.0 Å². The topological polar surface area (TPSA) is 153 Å². The molecular formula is C20H19N5O5. The molecule has 10 nitrogen and oxygen atoms in total. The van der Waals surface area contributed by atoms with Crippen LogP contribution in [0.2, 0.25) is 0 Å². The van der Waals surface area contributed by atoms with Crippen LogP contribution in [0.1, 0.15) is 24.8 Å². The molecule has 0 radical (unpaired) electrons. The minimum Gasteiger partial charge on any atom is -0.465 e. The lowest BCUT2D eigenvalue weighted by atomic mass is 10.00. The quantitative estimate of drug-likeness (QED) is 0.502. The number of pyridine rings is 1. The molecule has 4 rings (SSSR count). The minimum atomic E-state index is -1.32. The van der Waals surface area contributed by atoms with Gasteiger partial charge in [0.05, 0.1) is 28.2 Å². The number of nitrogens with one attached hydrogen (secondary N) is 1. The first-order valence-corrected chi connectivity index (χ1v) is 9.45. The summed E-state index contributed by atoms with van der Waals surface area (Å²) in [5.41, 5.74) is -0.0224. The Kier molecular flexibility index (Phi) is 4.85.